The lowest BCUT2D eigenvalue weighted by Gasteiger charge is -2.17. The van der Waals surface area contributed by atoms with Gasteiger partial charge in [0.05, 0.1) is 17.9 Å². The van der Waals surface area contributed by atoms with Crippen molar-refractivity contribution in [1.82, 2.24) is 15.1 Å². The molecule has 0 radical (unpaired) electrons. The lowest BCUT2D eigenvalue weighted by atomic mass is 9.96. The van der Waals surface area contributed by atoms with Crippen LogP contribution in [-0.4, -0.2) is 28.1 Å². The molecule has 0 bridgehead atoms. The van der Waals surface area contributed by atoms with E-state index < -0.39 is 5.92 Å². The Morgan fingerprint density at radius 3 is 2.78 bits per heavy atom. The highest BCUT2D eigenvalue weighted by molar-refractivity contribution is 6.09. The molecule has 0 saturated carbocycles. The summed E-state index contributed by atoms with van der Waals surface area (Å²) in [5, 5.41) is 7.48. The molecule has 2 amide bonds. The maximum Gasteiger partial charge on any atom is 0.239 e. The standard InChI is InChI=1S/C20H23FN4O2/c1-24-18(15-4-2-3-5-17(15)23-24)12-22-19(26)16-10-11-25(20(16)27)14-8-6-13(21)7-9-14/h6-9,16H,2-5,10-12H2,1H3,(H,22,26). The number of amides is 2. The molecule has 2 heterocycles. The van der Waals surface area contributed by atoms with Crippen molar-refractivity contribution < 1.29 is 14.0 Å². The number of aryl methyl sites for hydroxylation is 2. The molecule has 1 aromatic carbocycles. The van der Waals surface area contributed by atoms with Gasteiger partial charge in [-0.3, -0.25) is 14.3 Å². The Kier molecular flexibility index (Phi) is 4.68. The van der Waals surface area contributed by atoms with Crippen molar-refractivity contribution in [2.24, 2.45) is 13.0 Å². The topological polar surface area (TPSA) is 67.2 Å². The van der Waals surface area contributed by atoms with Gasteiger partial charge in [-0.15, -0.1) is 0 Å². The summed E-state index contributed by atoms with van der Waals surface area (Å²) in [6.45, 7) is 0.849. The minimum Gasteiger partial charge on any atom is -0.350 e. The van der Waals surface area contributed by atoms with Crippen molar-refractivity contribution in [3.05, 3.63) is 47.0 Å². The fraction of sp³-hybridized carbons (Fsp3) is 0.450. The second-order valence-electron chi connectivity index (χ2n) is 7.23. The minimum absolute atomic E-state index is 0.230. The smallest absolute Gasteiger partial charge is 0.239 e. The average molecular weight is 370 g/mol. The summed E-state index contributed by atoms with van der Waals surface area (Å²) in [6.07, 6.45) is 4.75. The molecule has 1 fully saturated rings. The first kappa shape index (κ1) is 17.7. The maximum atomic E-state index is 13.1. The van der Waals surface area contributed by atoms with Gasteiger partial charge in [0.2, 0.25) is 11.8 Å². The van der Waals surface area contributed by atoms with Crippen LogP contribution in [0.4, 0.5) is 10.1 Å². The van der Waals surface area contributed by atoms with Crippen LogP contribution < -0.4 is 10.2 Å². The first-order valence-corrected chi connectivity index (χ1v) is 9.43. The number of hydrogen-bond donors (Lipinski definition) is 1. The summed E-state index contributed by atoms with van der Waals surface area (Å²) in [5.74, 6) is -1.53. The first-order valence-electron chi connectivity index (χ1n) is 9.43. The zero-order valence-electron chi connectivity index (χ0n) is 15.4. The van der Waals surface area contributed by atoms with Crippen LogP contribution in [0.3, 0.4) is 0 Å². The van der Waals surface area contributed by atoms with E-state index in [0.717, 1.165) is 37.1 Å². The van der Waals surface area contributed by atoms with Crippen LogP contribution in [0.15, 0.2) is 24.3 Å². The highest BCUT2D eigenvalue weighted by atomic mass is 19.1. The van der Waals surface area contributed by atoms with E-state index in [-0.39, 0.29) is 17.6 Å². The highest BCUT2D eigenvalue weighted by Crippen LogP contribution is 2.26. The van der Waals surface area contributed by atoms with Crippen LogP contribution in [0, 0.1) is 11.7 Å². The van der Waals surface area contributed by atoms with Crippen molar-refractivity contribution in [2.75, 3.05) is 11.4 Å². The molecule has 1 aromatic heterocycles. The second kappa shape index (κ2) is 7.13. The van der Waals surface area contributed by atoms with Gasteiger partial charge >= 0.3 is 0 Å². The summed E-state index contributed by atoms with van der Waals surface area (Å²) in [6, 6.07) is 5.77. The molecular formula is C20H23FN4O2. The largest absolute Gasteiger partial charge is 0.350 e. The molecule has 1 atom stereocenters. The number of carbonyl (C=O) groups excluding carboxylic acids is 2. The third-order valence-corrected chi connectivity index (χ3v) is 5.54. The van der Waals surface area contributed by atoms with Crippen LogP contribution in [-0.2, 0) is 36.0 Å². The quantitative estimate of drug-likeness (QED) is 0.839. The number of halogens is 1. The summed E-state index contributed by atoms with van der Waals surface area (Å²) < 4.78 is 14.9. The highest BCUT2D eigenvalue weighted by Gasteiger charge is 2.37. The zero-order valence-corrected chi connectivity index (χ0v) is 15.4. The average Bonchev–Trinajstić information content (AvgIpc) is 3.20. The third kappa shape index (κ3) is 3.34. The summed E-state index contributed by atoms with van der Waals surface area (Å²) in [5.41, 5.74) is 4.03. The Bertz CT molecular complexity index is 875. The summed E-state index contributed by atoms with van der Waals surface area (Å²) in [7, 11) is 1.90. The Morgan fingerprint density at radius 1 is 1.26 bits per heavy atom. The molecule has 142 valence electrons. The van der Waals surface area contributed by atoms with Gasteiger partial charge < -0.3 is 10.2 Å². The number of aromatic nitrogens is 2. The van der Waals surface area contributed by atoms with E-state index in [1.807, 2.05) is 11.7 Å². The number of hydrogen-bond acceptors (Lipinski definition) is 3. The summed E-state index contributed by atoms with van der Waals surface area (Å²) in [4.78, 5) is 26.8. The van der Waals surface area contributed by atoms with Gasteiger partial charge in [0, 0.05) is 19.3 Å². The van der Waals surface area contributed by atoms with E-state index in [4.69, 9.17) is 0 Å². The fourth-order valence-corrected chi connectivity index (χ4v) is 4.06. The van der Waals surface area contributed by atoms with Gasteiger partial charge in [-0.1, -0.05) is 0 Å². The Hall–Kier alpha value is -2.70. The summed E-state index contributed by atoms with van der Waals surface area (Å²) >= 11 is 0. The van der Waals surface area contributed by atoms with E-state index in [9.17, 15) is 14.0 Å². The number of nitrogens with zero attached hydrogens (tertiary/aromatic N) is 3. The SMILES string of the molecule is Cn1nc2c(c1CNC(=O)C1CCN(c3ccc(F)cc3)C1=O)CCCC2. The molecule has 1 aliphatic carbocycles. The third-order valence-electron chi connectivity index (χ3n) is 5.54. The molecule has 2 aromatic rings. The van der Waals surface area contributed by atoms with E-state index in [1.165, 1.54) is 17.7 Å². The van der Waals surface area contributed by atoms with Gasteiger partial charge in [0.25, 0.3) is 0 Å². The predicted molar refractivity (Wildman–Crippen MR) is 98.6 cm³/mol. The molecule has 1 N–H and O–H groups in total. The Balaban J connectivity index is 1.41. The maximum absolute atomic E-state index is 13.1. The van der Waals surface area contributed by atoms with E-state index in [1.54, 1.807) is 17.0 Å². The minimum atomic E-state index is -0.695. The Morgan fingerprint density at radius 2 is 2.00 bits per heavy atom. The van der Waals surface area contributed by atoms with Gasteiger partial charge in [-0.2, -0.15) is 5.10 Å². The molecule has 27 heavy (non-hydrogen) atoms. The first-order chi connectivity index (χ1) is 13.0. The van der Waals surface area contributed by atoms with Crippen molar-refractivity contribution in [3.63, 3.8) is 0 Å². The monoisotopic (exact) mass is 370 g/mol. The van der Waals surface area contributed by atoms with E-state index in [0.29, 0.717) is 25.2 Å². The lowest BCUT2D eigenvalue weighted by Crippen LogP contribution is -2.37. The molecule has 0 spiro atoms. The van der Waals surface area contributed by atoms with Gasteiger partial charge in [-0.25, -0.2) is 4.39 Å². The predicted octanol–water partition coefficient (Wildman–Crippen LogP) is 2.11. The van der Waals surface area contributed by atoms with Crippen LogP contribution in [0.5, 0.6) is 0 Å². The number of anilines is 1. The molecule has 1 unspecified atom stereocenters. The molecule has 1 saturated heterocycles. The van der Waals surface area contributed by atoms with Crippen LogP contribution in [0.1, 0.15) is 36.2 Å². The van der Waals surface area contributed by atoms with Crippen molar-refractivity contribution >= 4 is 17.5 Å². The van der Waals surface area contributed by atoms with Crippen LogP contribution >= 0.6 is 0 Å². The number of carbonyl (C=O) groups is 2. The number of fused-ring (bicyclic) bond motifs is 1. The van der Waals surface area contributed by atoms with Crippen LogP contribution in [0.2, 0.25) is 0 Å². The number of benzene rings is 1. The zero-order chi connectivity index (χ0) is 19.0. The molecule has 2 aliphatic rings. The van der Waals surface area contributed by atoms with E-state index >= 15 is 0 Å². The van der Waals surface area contributed by atoms with E-state index in [2.05, 4.69) is 10.4 Å². The lowest BCUT2D eigenvalue weighted by molar-refractivity contribution is -0.132. The molecule has 6 nitrogen and oxygen atoms in total. The van der Waals surface area contributed by atoms with Crippen molar-refractivity contribution in [1.29, 1.82) is 0 Å². The van der Waals surface area contributed by atoms with Crippen molar-refractivity contribution in [3.8, 4) is 0 Å². The van der Waals surface area contributed by atoms with Gasteiger partial charge in [-0.05, 0) is 61.9 Å². The normalized spacial score (nSPS) is 19.3. The molecular weight excluding hydrogens is 347 g/mol. The molecule has 7 heteroatoms. The van der Waals surface area contributed by atoms with Crippen molar-refractivity contribution in [2.45, 2.75) is 38.6 Å². The molecule has 4 rings (SSSR count). The fourth-order valence-electron chi connectivity index (χ4n) is 4.06. The number of rotatable bonds is 4. The molecule has 1 aliphatic heterocycles. The van der Waals surface area contributed by atoms with Crippen LogP contribution in [0.25, 0.3) is 0 Å². The number of nitrogens with one attached hydrogen (secondary N) is 1. The van der Waals surface area contributed by atoms with Gasteiger partial charge in [0.1, 0.15) is 11.7 Å². The van der Waals surface area contributed by atoms with Gasteiger partial charge in [0.15, 0.2) is 0 Å². The second-order valence-corrected chi connectivity index (χ2v) is 7.23. The Labute approximate surface area is 157 Å².